The molecule has 44 heavy (non-hydrogen) atoms. The van der Waals surface area contributed by atoms with E-state index in [2.05, 4.69) is 44.9 Å². The predicted octanol–water partition coefficient (Wildman–Crippen LogP) is 6.51. The smallest absolute Gasteiger partial charge is 0.258 e. The number of hydrogen-bond donors (Lipinski definition) is 3. The number of benzene rings is 4. The fourth-order valence-corrected chi connectivity index (χ4v) is 5.93. The highest BCUT2D eigenvalue weighted by Crippen LogP contribution is 2.38. The number of carbonyl (C=O) groups excluding carboxylic acids is 2. The monoisotopic (exact) mass is 605 g/mol. The number of hydrogen-bond acceptors (Lipinski definition) is 5. The summed E-state index contributed by atoms with van der Waals surface area (Å²) in [7, 11) is 2.16. The lowest BCUT2D eigenvalue weighted by Crippen LogP contribution is -2.43. The second-order valence-corrected chi connectivity index (χ2v) is 11.9. The largest absolute Gasteiger partial charge is 0.354 e. The molecule has 1 atom stereocenters. The number of nitrogens with one attached hydrogen (secondary N) is 3. The Morgan fingerprint density at radius 3 is 2.43 bits per heavy atom. The molecule has 0 aliphatic carbocycles. The molecule has 2 amide bonds. The van der Waals surface area contributed by atoms with E-state index in [4.69, 9.17) is 11.6 Å². The highest BCUT2D eigenvalue weighted by Gasteiger charge is 2.30. The van der Waals surface area contributed by atoms with Gasteiger partial charge >= 0.3 is 0 Å². The third-order valence-corrected chi connectivity index (χ3v) is 8.47. The normalized spacial score (nSPS) is 17.0. The van der Waals surface area contributed by atoms with E-state index >= 15 is 0 Å². The standard InChI is InChI=1S/C36H36ClN5O2/c1-24(27-11-7-12-29(37)21-27)38-35(43)28-14-15-32-31(22-28)33(36(44)40-32)34(26-9-4-3-5-10-26)39-30-13-6-8-25(20-30)23-42-18-16-41(2)17-19-42/h3-15,20-22,24,39H,16-19,23H2,1-2H3,(H,38,43)(H,40,44)/b34-33-/t24-/m1/s1. The number of likely N-dealkylation sites (N-methyl/N-ethyl adjacent to an activating group) is 1. The molecule has 4 aromatic carbocycles. The fraction of sp³-hybridized carbons (Fsp3) is 0.222. The molecule has 0 unspecified atom stereocenters. The van der Waals surface area contributed by atoms with Crippen LogP contribution in [0.4, 0.5) is 11.4 Å². The van der Waals surface area contributed by atoms with Crippen LogP contribution in [0.1, 0.15) is 45.6 Å². The summed E-state index contributed by atoms with van der Waals surface area (Å²) in [5.41, 5.74) is 6.88. The van der Waals surface area contributed by atoms with Crippen LogP contribution in [0, 0.1) is 0 Å². The molecule has 3 N–H and O–H groups in total. The maximum absolute atomic E-state index is 13.5. The fourth-order valence-electron chi connectivity index (χ4n) is 5.74. The third-order valence-electron chi connectivity index (χ3n) is 8.23. The molecule has 7 nitrogen and oxygen atoms in total. The Morgan fingerprint density at radius 1 is 0.886 bits per heavy atom. The predicted molar refractivity (Wildman–Crippen MR) is 178 cm³/mol. The number of anilines is 2. The topological polar surface area (TPSA) is 76.7 Å². The van der Waals surface area contributed by atoms with Crippen LogP contribution in [0.2, 0.25) is 5.02 Å². The van der Waals surface area contributed by atoms with Gasteiger partial charge < -0.3 is 20.9 Å². The molecule has 224 valence electrons. The lowest BCUT2D eigenvalue weighted by atomic mass is 9.98. The maximum Gasteiger partial charge on any atom is 0.258 e. The van der Waals surface area contributed by atoms with Crippen molar-refractivity contribution in [2.24, 2.45) is 0 Å². The first-order valence-corrected chi connectivity index (χ1v) is 15.3. The van der Waals surface area contributed by atoms with Crippen molar-refractivity contribution in [2.45, 2.75) is 19.5 Å². The van der Waals surface area contributed by atoms with Crippen molar-refractivity contribution in [2.75, 3.05) is 43.9 Å². The number of piperazine rings is 1. The van der Waals surface area contributed by atoms with Crippen molar-refractivity contribution in [1.29, 1.82) is 0 Å². The summed E-state index contributed by atoms with van der Waals surface area (Å²) in [4.78, 5) is 31.7. The van der Waals surface area contributed by atoms with E-state index in [9.17, 15) is 9.59 Å². The van der Waals surface area contributed by atoms with Gasteiger partial charge in [0.25, 0.3) is 11.8 Å². The number of amides is 2. The molecule has 1 saturated heterocycles. The van der Waals surface area contributed by atoms with E-state index in [0.717, 1.165) is 49.5 Å². The van der Waals surface area contributed by atoms with Gasteiger partial charge in [0.1, 0.15) is 0 Å². The molecule has 2 heterocycles. The van der Waals surface area contributed by atoms with Crippen LogP contribution in [-0.2, 0) is 11.3 Å². The molecule has 2 aliphatic heterocycles. The summed E-state index contributed by atoms with van der Waals surface area (Å²) < 4.78 is 0. The zero-order valence-electron chi connectivity index (χ0n) is 24.9. The SMILES string of the molecule is C[C@@H](NC(=O)c1ccc2c(c1)/C(=C(/Nc1cccc(CN3CCN(C)CC3)c1)c1ccccc1)C(=O)N2)c1cccc(Cl)c1. The van der Waals surface area contributed by atoms with Gasteiger partial charge in [0.2, 0.25) is 0 Å². The van der Waals surface area contributed by atoms with Crippen molar-refractivity contribution in [1.82, 2.24) is 15.1 Å². The molecule has 0 aromatic heterocycles. The molecule has 6 rings (SSSR count). The van der Waals surface area contributed by atoms with Crippen molar-refractivity contribution < 1.29 is 9.59 Å². The highest BCUT2D eigenvalue weighted by atomic mass is 35.5. The molecule has 0 radical (unpaired) electrons. The van der Waals surface area contributed by atoms with E-state index in [1.165, 1.54) is 5.56 Å². The maximum atomic E-state index is 13.5. The first kappa shape index (κ1) is 29.6. The molecule has 0 spiro atoms. The van der Waals surface area contributed by atoms with Crippen molar-refractivity contribution >= 4 is 46.1 Å². The zero-order valence-corrected chi connectivity index (χ0v) is 25.7. The third kappa shape index (κ3) is 6.70. The molecular weight excluding hydrogens is 570 g/mol. The summed E-state index contributed by atoms with van der Waals surface area (Å²) in [6.07, 6.45) is 0. The van der Waals surface area contributed by atoms with Crippen molar-refractivity contribution in [3.05, 3.63) is 130 Å². The number of rotatable bonds is 8. The summed E-state index contributed by atoms with van der Waals surface area (Å²) in [6.45, 7) is 7.00. The zero-order chi connectivity index (χ0) is 30.6. The van der Waals surface area contributed by atoms with Gasteiger partial charge in [-0.2, -0.15) is 0 Å². The highest BCUT2D eigenvalue weighted by molar-refractivity contribution is 6.37. The van der Waals surface area contributed by atoms with E-state index in [0.29, 0.717) is 33.1 Å². The Labute approximate surface area is 263 Å². The average molecular weight is 606 g/mol. The van der Waals surface area contributed by atoms with Gasteiger partial charge in [-0.25, -0.2) is 0 Å². The van der Waals surface area contributed by atoms with E-state index in [-0.39, 0.29) is 17.9 Å². The number of nitrogens with zero attached hydrogens (tertiary/aromatic N) is 2. The van der Waals surface area contributed by atoms with E-state index in [1.54, 1.807) is 24.3 Å². The molecule has 4 aromatic rings. The second-order valence-electron chi connectivity index (χ2n) is 11.5. The summed E-state index contributed by atoms with van der Waals surface area (Å²) in [6, 6.07) is 30.7. The van der Waals surface area contributed by atoms with Crippen LogP contribution in [0.3, 0.4) is 0 Å². The van der Waals surface area contributed by atoms with Crippen LogP contribution in [0.15, 0.2) is 97.1 Å². The Balaban J connectivity index is 1.31. The molecule has 1 fully saturated rings. The Kier molecular flexibility index (Phi) is 8.79. The van der Waals surface area contributed by atoms with Crippen LogP contribution >= 0.6 is 11.6 Å². The van der Waals surface area contributed by atoms with Gasteiger partial charge in [-0.3, -0.25) is 14.5 Å². The number of carbonyl (C=O) groups is 2. The number of halogens is 1. The summed E-state index contributed by atoms with van der Waals surface area (Å²) >= 11 is 6.17. The van der Waals surface area contributed by atoms with E-state index < -0.39 is 0 Å². The summed E-state index contributed by atoms with van der Waals surface area (Å²) in [5, 5.41) is 10.3. The van der Waals surface area contributed by atoms with Crippen LogP contribution in [0.5, 0.6) is 0 Å². The molecule has 8 heteroatoms. The second kappa shape index (κ2) is 13.1. The summed E-state index contributed by atoms with van der Waals surface area (Å²) in [5.74, 6) is -0.449. The molecular formula is C36H36ClN5O2. The minimum absolute atomic E-state index is 0.218. The lowest BCUT2D eigenvalue weighted by molar-refractivity contribution is -0.110. The van der Waals surface area contributed by atoms with Crippen molar-refractivity contribution in [3.8, 4) is 0 Å². The van der Waals surface area contributed by atoms with Crippen LogP contribution < -0.4 is 16.0 Å². The van der Waals surface area contributed by atoms with Gasteiger partial charge in [-0.15, -0.1) is 0 Å². The first-order chi connectivity index (χ1) is 21.3. The van der Waals surface area contributed by atoms with Gasteiger partial charge in [0, 0.05) is 60.2 Å². The minimum Gasteiger partial charge on any atom is -0.354 e. The average Bonchev–Trinajstić information content (AvgIpc) is 3.36. The number of fused-ring (bicyclic) bond motifs is 1. The quantitative estimate of drug-likeness (QED) is 0.200. The molecule has 0 saturated carbocycles. The Bertz CT molecular complexity index is 1710. The van der Waals surface area contributed by atoms with Gasteiger partial charge in [0.15, 0.2) is 0 Å². The van der Waals surface area contributed by atoms with E-state index in [1.807, 2.05) is 67.6 Å². The van der Waals surface area contributed by atoms with Crippen molar-refractivity contribution in [3.63, 3.8) is 0 Å². The molecule has 0 bridgehead atoms. The lowest BCUT2D eigenvalue weighted by Gasteiger charge is -2.32. The van der Waals surface area contributed by atoms with Gasteiger partial charge in [-0.1, -0.05) is 66.2 Å². The Morgan fingerprint density at radius 2 is 1.66 bits per heavy atom. The Hall–Kier alpha value is -4.43. The van der Waals surface area contributed by atoms with Crippen LogP contribution in [-0.4, -0.2) is 54.8 Å². The van der Waals surface area contributed by atoms with Gasteiger partial charge in [0.05, 0.1) is 17.3 Å². The van der Waals surface area contributed by atoms with Crippen LogP contribution in [0.25, 0.3) is 11.3 Å². The first-order valence-electron chi connectivity index (χ1n) is 14.9. The molecule has 2 aliphatic rings. The minimum atomic E-state index is -0.246. The van der Waals surface area contributed by atoms with Gasteiger partial charge in [-0.05, 0) is 73.1 Å².